The maximum absolute atomic E-state index is 11.4. The van der Waals surface area contributed by atoms with Gasteiger partial charge in [-0.3, -0.25) is 9.71 Å². The van der Waals surface area contributed by atoms with Crippen LogP contribution in [0.1, 0.15) is 11.1 Å². The SMILES string of the molecule is CS(=O)(=O)Nc1ccc(CC2=NCCN2)c2c1OCC2. The van der Waals surface area contributed by atoms with Crippen LogP contribution in [0.2, 0.25) is 0 Å². The van der Waals surface area contributed by atoms with Gasteiger partial charge < -0.3 is 10.1 Å². The summed E-state index contributed by atoms with van der Waals surface area (Å²) in [6.07, 6.45) is 2.68. The third kappa shape index (κ3) is 2.72. The lowest BCUT2D eigenvalue weighted by Gasteiger charge is -2.13. The predicted octanol–water partition coefficient (Wildman–Crippen LogP) is 0.537. The number of hydrogen-bond donors (Lipinski definition) is 2. The molecule has 3 rings (SSSR count). The van der Waals surface area contributed by atoms with E-state index < -0.39 is 10.0 Å². The number of fused-ring (bicyclic) bond motifs is 1. The molecule has 2 heterocycles. The molecule has 0 atom stereocenters. The number of nitrogens with one attached hydrogen (secondary N) is 2. The van der Waals surface area contributed by atoms with Gasteiger partial charge in [-0.15, -0.1) is 0 Å². The summed E-state index contributed by atoms with van der Waals surface area (Å²) in [6.45, 7) is 2.30. The predicted molar refractivity (Wildman–Crippen MR) is 78.1 cm³/mol. The topological polar surface area (TPSA) is 79.8 Å². The van der Waals surface area contributed by atoms with Gasteiger partial charge in [0.1, 0.15) is 11.6 Å². The fourth-order valence-corrected chi connectivity index (χ4v) is 3.11. The minimum Gasteiger partial charge on any atom is -0.491 e. The van der Waals surface area contributed by atoms with Crippen LogP contribution in [-0.4, -0.2) is 40.2 Å². The van der Waals surface area contributed by atoms with Crippen molar-refractivity contribution in [3.8, 4) is 5.75 Å². The molecule has 0 bridgehead atoms. The first-order valence-corrected chi connectivity index (χ1v) is 8.44. The first kappa shape index (κ1) is 13.2. The van der Waals surface area contributed by atoms with E-state index in [0.29, 0.717) is 18.0 Å². The van der Waals surface area contributed by atoms with Crippen LogP contribution < -0.4 is 14.8 Å². The Morgan fingerprint density at radius 1 is 1.45 bits per heavy atom. The number of ether oxygens (including phenoxy) is 1. The number of benzene rings is 1. The van der Waals surface area contributed by atoms with E-state index in [4.69, 9.17) is 4.74 Å². The van der Waals surface area contributed by atoms with E-state index in [-0.39, 0.29) is 0 Å². The Kier molecular flexibility index (Phi) is 3.29. The lowest BCUT2D eigenvalue weighted by Crippen LogP contribution is -2.21. The van der Waals surface area contributed by atoms with Crippen LogP contribution >= 0.6 is 0 Å². The van der Waals surface area contributed by atoms with Crippen molar-refractivity contribution in [2.24, 2.45) is 4.99 Å². The van der Waals surface area contributed by atoms with Crippen molar-refractivity contribution in [3.63, 3.8) is 0 Å². The number of aliphatic imine (C=N–C) groups is 1. The van der Waals surface area contributed by atoms with E-state index in [1.54, 1.807) is 6.07 Å². The van der Waals surface area contributed by atoms with Crippen molar-refractivity contribution in [1.29, 1.82) is 0 Å². The van der Waals surface area contributed by atoms with Gasteiger partial charge in [0.15, 0.2) is 0 Å². The molecule has 108 valence electrons. The summed E-state index contributed by atoms with van der Waals surface area (Å²) in [5, 5.41) is 3.25. The van der Waals surface area contributed by atoms with Crippen LogP contribution in [0.5, 0.6) is 5.75 Å². The molecule has 1 aromatic rings. The lowest BCUT2D eigenvalue weighted by atomic mass is 10.0. The van der Waals surface area contributed by atoms with Gasteiger partial charge >= 0.3 is 0 Å². The Morgan fingerprint density at radius 3 is 3.00 bits per heavy atom. The van der Waals surface area contributed by atoms with Gasteiger partial charge in [0.05, 0.1) is 25.1 Å². The van der Waals surface area contributed by atoms with Crippen LogP contribution in [0.15, 0.2) is 17.1 Å². The highest BCUT2D eigenvalue weighted by atomic mass is 32.2. The van der Waals surface area contributed by atoms with Crippen molar-refractivity contribution in [1.82, 2.24) is 5.32 Å². The van der Waals surface area contributed by atoms with Gasteiger partial charge in [-0.1, -0.05) is 6.07 Å². The molecule has 2 aliphatic rings. The lowest BCUT2D eigenvalue weighted by molar-refractivity contribution is 0.358. The second kappa shape index (κ2) is 4.97. The molecule has 2 aliphatic heterocycles. The van der Waals surface area contributed by atoms with Gasteiger partial charge in [-0.25, -0.2) is 8.42 Å². The maximum Gasteiger partial charge on any atom is 0.229 e. The van der Waals surface area contributed by atoms with E-state index >= 15 is 0 Å². The van der Waals surface area contributed by atoms with Crippen molar-refractivity contribution in [2.75, 3.05) is 30.7 Å². The Morgan fingerprint density at radius 2 is 2.30 bits per heavy atom. The molecule has 0 saturated heterocycles. The summed E-state index contributed by atoms with van der Waals surface area (Å²) >= 11 is 0. The maximum atomic E-state index is 11.4. The molecule has 2 N–H and O–H groups in total. The fraction of sp³-hybridized carbons (Fsp3) is 0.462. The number of nitrogens with zero attached hydrogens (tertiary/aromatic N) is 1. The first-order chi connectivity index (χ1) is 9.53. The molecule has 0 spiro atoms. The fourth-order valence-electron chi connectivity index (χ4n) is 2.55. The van der Waals surface area contributed by atoms with Crippen LogP contribution in [0.25, 0.3) is 0 Å². The first-order valence-electron chi connectivity index (χ1n) is 6.55. The number of amidine groups is 1. The molecule has 20 heavy (non-hydrogen) atoms. The van der Waals surface area contributed by atoms with Gasteiger partial charge in [0, 0.05) is 24.9 Å². The quantitative estimate of drug-likeness (QED) is 0.849. The average molecular weight is 295 g/mol. The molecule has 0 unspecified atom stereocenters. The van der Waals surface area contributed by atoms with E-state index in [1.165, 1.54) is 0 Å². The van der Waals surface area contributed by atoms with Crippen molar-refractivity contribution >= 4 is 21.5 Å². The zero-order valence-electron chi connectivity index (χ0n) is 11.3. The molecular weight excluding hydrogens is 278 g/mol. The van der Waals surface area contributed by atoms with Gasteiger partial charge in [-0.2, -0.15) is 0 Å². The van der Waals surface area contributed by atoms with Gasteiger partial charge in [-0.05, 0) is 11.6 Å². The normalized spacial score (nSPS) is 17.1. The van der Waals surface area contributed by atoms with Crippen molar-refractivity contribution in [3.05, 3.63) is 23.3 Å². The number of rotatable bonds is 4. The van der Waals surface area contributed by atoms with Crippen molar-refractivity contribution < 1.29 is 13.2 Å². The Bertz CT molecular complexity index is 668. The summed E-state index contributed by atoms with van der Waals surface area (Å²) in [6, 6.07) is 3.71. The molecule has 7 heteroatoms. The summed E-state index contributed by atoms with van der Waals surface area (Å²) in [4.78, 5) is 4.39. The molecule has 0 fully saturated rings. The molecule has 6 nitrogen and oxygen atoms in total. The van der Waals surface area contributed by atoms with Gasteiger partial charge in [0.25, 0.3) is 0 Å². The Balaban J connectivity index is 1.92. The summed E-state index contributed by atoms with van der Waals surface area (Å²) in [7, 11) is -3.30. The third-order valence-electron chi connectivity index (χ3n) is 3.35. The van der Waals surface area contributed by atoms with Gasteiger partial charge in [0.2, 0.25) is 10.0 Å². The minimum atomic E-state index is -3.30. The average Bonchev–Trinajstić information content (AvgIpc) is 3.01. The van der Waals surface area contributed by atoms with Crippen LogP contribution in [0, 0.1) is 0 Å². The number of hydrogen-bond acceptors (Lipinski definition) is 5. The molecule has 0 aromatic heterocycles. The van der Waals surface area contributed by atoms with Crippen molar-refractivity contribution in [2.45, 2.75) is 12.8 Å². The summed E-state index contributed by atoms with van der Waals surface area (Å²) in [5.41, 5.74) is 2.74. The van der Waals surface area contributed by atoms with Crippen LogP contribution in [0.3, 0.4) is 0 Å². The second-order valence-electron chi connectivity index (χ2n) is 4.98. The van der Waals surface area contributed by atoms with Crippen LogP contribution in [0.4, 0.5) is 5.69 Å². The Hall–Kier alpha value is -1.76. The highest BCUT2D eigenvalue weighted by Crippen LogP contribution is 2.37. The monoisotopic (exact) mass is 295 g/mol. The number of sulfonamides is 1. The van der Waals surface area contributed by atoms with E-state index in [9.17, 15) is 8.42 Å². The van der Waals surface area contributed by atoms with E-state index in [1.807, 2.05) is 6.07 Å². The van der Waals surface area contributed by atoms with Crippen LogP contribution in [-0.2, 0) is 22.9 Å². The Labute approximate surface area is 118 Å². The zero-order chi connectivity index (χ0) is 14.2. The van der Waals surface area contributed by atoms with E-state index in [0.717, 1.165) is 49.1 Å². The second-order valence-corrected chi connectivity index (χ2v) is 6.73. The number of anilines is 1. The molecule has 0 radical (unpaired) electrons. The molecule has 0 saturated carbocycles. The smallest absolute Gasteiger partial charge is 0.229 e. The minimum absolute atomic E-state index is 0.519. The highest BCUT2D eigenvalue weighted by molar-refractivity contribution is 7.92. The standard InChI is InChI=1S/C13H17N3O3S/c1-20(17,18)16-11-3-2-9(8-12-14-5-6-15-12)10-4-7-19-13(10)11/h2-3,16H,4-8H2,1H3,(H,14,15). The summed E-state index contributed by atoms with van der Waals surface area (Å²) in [5.74, 6) is 1.65. The largest absolute Gasteiger partial charge is 0.491 e. The summed E-state index contributed by atoms with van der Waals surface area (Å²) < 4.78 is 30.8. The third-order valence-corrected chi connectivity index (χ3v) is 3.94. The highest BCUT2D eigenvalue weighted by Gasteiger charge is 2.22. The molecular formula is C13H17N3O3S. The zero-order valence-corrected chi connectivity index (χ0v) is 12.1. The molecule has 0 amide bonds. The van der Waals surface area contributed by atoms with E-state index in [2.05, 4.69) is 15.0 Å². The molecule has 0 aliphatic carbocycles. The molecule has 1 aromatic carbocycles.